The van der Waals surface area contributed by atoms with Crippen molar-refractivity contribution in [3.63, 3.8) is 0 Å². The van der Waals surface area contributed by atoms with Crippen molar-refractivity contribution in [3.8, 4) is 0 Å². The van der Waals surface area contributed by atoms with Crippen molar-refractivity contribution < 1.29 is 4.74 Å². The summed E-state index contributed by atoms with van der Waals surface area (Å²) in [6.45, 7) is 6.52. The lowest BCUT2D eigenvalue weighted by Gasteiger charge is -2.27. The van der Waals surface area contributed by atoms with Gasteiger partial charge < -0.3 is 10.1 Å². The molecule has 2 nitrogen and oxygen atoms in total. The average Bonchev–Trinajstić information content (AvgIpc) is 3.11. The molecule has 1 saturated heterocycles. The van der Waals surface area contributed by atoms with Gasteiger partial charge in [0.15, 0.2) is 0 Å². The summed E-state index contributed by atoms with van der Waals surface area (Å²) in [6.07, 6.45) is 7.83. The minimum atomic E-state index is 0.397. The number of ether oxygens (including phenoxy) is 1. The van der Waals surface area contributed by atoms with Gasteiger partial charge in [0.05, 0.1) is 6.10 Å². The van der Waals surface area contributed by atoms with Crippen molar-refractivity contribution in [1.29, 1.82) is 0 Å². The van der Waals surface area contributed by atoms with E-state index in [9.17, 15) is 0 Å². The Balaban J connectivity index is 1.71. The molecule has 1 aliphatic heterocycles. The van der Waals surface area contributed by atoms with Gasteiger partial charge in [0.25, 0.3) is 0 Å². The van der Waals surface area contributed by atoms with Crippen LogP contribution in [-0.2, 0) is 24.0 Å². The van der Waals surface area contributed by atoms with Crippen molar-refractivity contribution in [1.82, 2.24) is 5.32 Å². The first-order valence-electron chi connectivity index (χ1n) is 8.73. The minimum Gasteiger partial charge on any atom is -0.378 e. The van der Waals surface area contributed by atoms with Gasteiger partial charge in [-0.05, 0) is 68.7 Å². The molecule has 3 atom stereocenters. The lowest BCUT2D eigenvalue weighted by Crippen LogP contribution is -2.41. The summed E-state index contributed by atoms with van der Waals surface area (Å²) < 4.78 is 5.80. The van der Waals surface area contributed by atoms with E-state index in [1.807, 2.05) is 0 Å². The normalized spacial score (nSPS) is 26.0. The van der Waals surface area contributed by atoms with Crippen LogP contribution in [0.5, 0.6) is 0 Å². The van der Waals surface area contributed by atoms with Gasteiger partial charge in [-0.2, -0.15) is 0 Å². The highest BCUT2D eigenvalue weighted by molar-refractivity contribution is 5.35. The maximum Gasteiger partial charge on any atom is 0.0590 e. The Hall–Kier alpha value is -0.860. The summed E-state index contributed by atoms with van der Waals surface area (Å²) in [5.74, 6) is 0.657. The summed E-state index contributed by atoms with van der Waals surface area (Å²) >= 11 is 0. The third-order valence-electron chi connectivity index (χ3n) is 5.23. The van der Waals surface area contributed by atoms with E-state index in [0.717, 1.165) is 19.6 Å². The van der Waals surface area contributed by atoms with Gasteiger partial charge >= 0.3 is 0 Å². The van der Waals surface area contributed by atoms with Crippen molar-refractivity contribution in [2.24, 2.45) is 5.92 Å². The fourth-order valence-corrected chi connectivity index (χ4v) is 3.99. The molecule has 2 heteroatoms. The number of fused-ring (bicyclic) bond motifs is 1. The highest BCUT2D eigenvalue weighted by atomic mass is 16.5. The summed E-state index contributed by atoms with van der Waals surface area (Å²) in [5, 5.41) is 3.78. The summed E-state index contributed by atoms with van der Waals surface area (Å²) in [7, 11) is 0. The van der Waals surface area contributed by atoms with Crippen LogP contribution >= 0.6 is 0 Å². The molecule has 0 aromatic heterocycles. The molecule has 3 rings (SSSR count). The number of hydrogen-bond acceptors (Lipinski definition) is 2. The van der Waals surface area contributed by atoms with Gasteiger partial charge in [-0.1, -0.05) is 25.1 Å². The van der Waals surface area contributed by atoms with E-state index in [0.29, 0.717) is 18.1 Å². The van der Waals surface area contributed by atoms with Gasteiger partial charge in [-0.15, -0.1) is 0 Å². The maximum atomic E-state index is 5.80. The second-order valence-corrected chi connectivity index (χ2v) is 6.75. The molecule has 1 aromatic carbocycles. The fraction of sp³-hybridized carbons (Fsp3) is 0.684. The van der Waals surface area contributed by atoms with Crippen molar-refractivity contribution >= 4 is 0 Å². The Kier molecular flexibility index (Phi) is 4.97. The van der Waals surface area contributed by atoms with Crippen LogP contribution in [0.15, 0.2) is 18.2 Å². The van der Waals surface area contributed by atoms with Crippen LogP contribution in [0.1, 0.15) is 49.8 Å². The molecule has 0 saturated carbocycles. The minimum absolute atomic E-state index is 0.397. The molecule has 21 heavy (non-hydrogen) atoms. The zero-order chi connectivity index (χ0) is 14.7. The molecule has 2 aliphatic rings. The van der Waals surface area contributed by atoms with Crippen LogP contribution in [0.2, 0.25) is 0 Å². The van der Waals surface area contributed by atoms with E-state index >= 15 is 0 Å². The molecule has 1 fully saturated rings. The lowest BCUT2D eigenvalue weighted by molar-refractivity contribution is 0.0954. The van der Waals surface area contributed by atoms with Crippen molar-refractivity contribution in [3.05, 3.63) is 34.9 Å². The van der Waals surface area contributed by atoms with Crippen LogP contribution in [0.3, 0.4) is 0 Å². The van der Waals surface area contributed by atoms with Gasteiger partial charge in [-0.3, -0.25) is 0 Å². The van der Waals surface area contributed by atoms with E-state index in [-0.39, 0.29) is 0 Å². The molecule has 0 radical (unpaired) electrons. The Labute approximate surface area is 129 Å². The summed E-state index contributed by atoms with van der Waals surface area (Å²) in [5.41, 5.74) is 4.68. The van der Waals surface area contributed by atoms with E-state index in [1.54, 1.807) is 11.1 Å². The number of nitrogens with one attached hydrogen (secondary N) is 1. The SMILES string of the molecule is CCCNC(Cc1ccc2c(c1)CCC2)C1CCOC1C. The quantitative estimate of drug-likeness (QED) is 0.864. The Morgan fingerprint density at radius 2 is 2.14 bits per heavy atom. The predicted molar refractivity (Wildman–Crippen MR) is 87.8 cm³/mol. The second-order valence-electron chi connectivity index (χ2n) is 6.75. The van der Waals surface area contributed by atoms with Gasteiger partial charge in [0.2, 0.25) is 0 Å². The maximum absolute atomic E-state index is 5.80. The van der Waals surface area contributed by atoms with E-state index < -0.39 is 0 Å². The smallest absolute Gasteiger partial charge is 0.0590 e. The molecule has 0 bridgehead atoms. The molecule has 1 heterocycles. The summed E-state index contributed by atoms with van der Waals surface area (Å²) in [4.78, 5) is 0. The topological polar surface area (TPSA) is 21.3 Å². The van der Waals surface area contributed by atoms with Crippen LogP contribution in [0.4, 0.5) is 0 Å². The molecular formula is C19H29NO. The van der Waals surface area contributed by atoms with Crippen molar-refractivity contribution in [2.45, 2.75) is 64.5 Å². The average molecular weight is 287 g/mol. The largest absolute Gasteiger partial charge is 0.378 e. The van der Waals surface area contributed by atoms with Gasteiger partial charge in [0, 0.05) is 18.6 Å². The number of benzene rings is 1. The monoisotopic (exact) mass is 287 g/mol. The molecule has 116 valence electrons. The molecule has 3 unspecified atom stereocenters. The molecule has 0 amide bonds. The highest BCUT2D eigenvalue weighted by Crippen LogP contribution is 2.28. The van der Waals surface area contributed by atoms with Crippen LogP contribution < -0.4 is 5.32 Å². The molecule has 0 spiro atoms. The molecule has 1 N–H and O–H groups in total. The zero-order valence-corrected chi connectivity index (χ0v) is 13.5. The number of aryl methyl sites for hydroxylation is 2. The molecule has 1 aromatic rings. The standard InChI is InChI=1S/C19H29NO/c1-3-10-20-19(18-9-11-21-14(18)2)13-15-7-8-16-5-4-6-17(16)12-15/h7-8,12,14,18-20H,3-6,9-11,13H2,1-2H3. The van der Waals surface area contributed by atoms with E-state index in [4.69, 9.17) is 4.74 Å². The predicted octanol–water partition coefficient (Wildman–Crippen LogP) is 3.51. The van der Waals surface area contributed by atoms with Crippen LogP contribution in [-0.4, -0.2) is 25.3 Å². The van der Waals surface area contributed by atoms with Crippen LogP contribution in [0, 0.1) is 5.92 Å². The Bertz CT molecular complexity index is 471. The Morgan fingerprint density at radius 1 is 1.29 bits per heavy atom. The molecular weight excluding hydrogens is 258 g/mol. The third-order valence-corrected chi connectivity index (χ3v) is 5.23. The Morgan fingerprint density at radius 3 is 2.90 bits per heavy atom. The molecule has 1 aliphatic carbocycles. The number of hydrogen-bond donors (Lipinski definition) is 1. The van der Waals surface area contributed by atoms with Crippen LogP contribution in [0.25, 0.3) is 0 Å². The van der Waals surface area contributed by atoms with E-state index in [1.165, 1.54) is 37.7 Å². The lowest BCUT2D eigenvalue weighted by atomic mass is 9.88. The number of rotatable bonds is 6. The van der Waals surface area contributed by atoms with Gasteiger partial charge in [-0.25, -0.2) is 0 Å². The third kappa shape index (κ3) is 3.49. The summed E-state index contributed by atoms with van der Waals surface area (Å²) in [6, 6.07) is 7.74. The van der Waals surface area contributed by atoms with Crippen molar-refractivity contribution in [2.75, 3.05) is 13.2 Å². The van der Waals surface area contributed by atoms with Gasteiger partial charge in [0.1, 0.15) is 0 Å². The first-order chi connectivity index (χ1) is 10.3. The van der Waals surface area contributed by atoms with E-state index in [2.05, 4.69) is 37.4 Å². The second kappa shape index (κ2) is 6.93. The highest BCUT2D eigenvalue weighted by Gasteiger charge is 2.31. The zero-order valence-electron chi connectivity index (χ0n) is 13.5. The first-order valence-corrected chi connectivity index (χ1v) is 8.73. The first kappa shape index (κ1) is 15.1. The fourth-order valence-electron chi connectivity index (χ4n) is 3.99.